The number of para-hydroxylation sites is 1. The number of amides is 1. The number of aromatic nitrogens is 2. The number of aliphatic imine (C=N–C) groups is 1. The molecule has 2 fully saturated rings. The second-order valence-electron chi connectivity index (χ2n) is 8.80. The van der Waals surface area contributed by atoms with Crippen LogP contribution in [0.1, 0.15) is 43.5 Å². The van der Waals surface area contributed by atoms with Crippen molar-refractivity contribution in [3.63, 3.8) is 0 Å². The predicted molar refractivity (Wildman–Crippen MR) is 117 cm³/mol. The molecule has 3 heterocycles. The van der Waals surface area contributed by atoms with E-state index in [1.807, 2.05) is 22.6 Å². The Kier molecular flexibility index (Phi) is 5.06. The van der Waals surface area contributed by atoms with Crippen molar-refractivity contribution in [2.45, 2.75) is 63.7 Å². The first-order valence-electron chi connectivity index (χ1n) is 11.1. The Morgan fingerprint density at radius 2 is 2.13 bits per heavy atom. The number of hydrogen-bond acceptors (Lipinski definition) is 4. The summed E-state index contributed by atoms with van der Waals surface area (Å²) >= 11 is 0. The van der Waals surface area contributed by atoms with Crippen molar-refractivity contribution in [2.24, 2.45) is 4.99 Å². The summed E-state index contributed by atoms with van der Waals surface area (Å²) in [6, 6.07) is 8.80. The van der Waals surface area contributed by atoms with E-state index in [4.69, 9.17) is 4.99 Å². The van der Waals surface area contributed by atoms with E-state index in [1.54, 1.807) is 6.20 Å². The molecule has 1 saturated heterocycles. The molecule has 1 saturated carbocycles. The molecular weight excluding hydrogens is 376 g/mol. The number of hydrogen-bond donors (Lipinski definition) is 2. The fourth-order valence-electron chi connectivity index (χ4n) is 4.94. The molecule has 1 unspecified atom stereocenters. The number of aryl methyl sites for hydroxylation is 1. The molecule has 7 heteroatoms. The maximum absolute atomic E-state index is 13.0. The summed E-state index contributed by atoms with van der Waals surface area (Å²) < 4.78 is 1.91. The van der Waals surface area contributed by atoms with Gasteiger partial charge in [0.2, 0.25) is 5.91 Å². The molecule has 1 amide bonds. The van der Waals surface area contributed by atoms with Crippen LogP contribution in [0.3, 0.4) is 0 Å². The number of carbonyl (C=O) groups is 1. The molecule has 2 N–H and O–H groups in total. The van der Waals surface area contributed by atoms with Crippen molar-refractivity contribution in [3.8, 4) is 0 Å². The van der Waals surface area contributed by atoms with Crippen molar-refractivity contribution in [3.05, 3.63) is 48.0 Å². The molecule has 3 aliphatic rings. The third-order valence-electron chi connectivity index (χ3n) is 6.83. The molecule has 2 aliphatic heterocycles. The summed E-state index contributed by atoms with van der Waals surface area (Å²) in [5, 5.41) is 7.45. The molecule has 1 spiro atoms. The summed E-state index contributed by atoms with van der Waals surface area (Å²) in [4.78, 5) is 24.5. The molecule has 1 aliphatic carbocycles. The van der Waals surface area contributed by atoms with Gasteiger partial charge in [-0.2, -0.15) is 0 Å². The topological polar surface area (TPSA) is 74.6 Å². The Bertz CT molecular complexity index is 960. The number of carbonyl (C=O) groups excluding carboxylic acids is 1. The molecular formula is C23H30N6O. The molecule has 1 atom stereocenters. The Morgan fingerprint density at radius 1 is 1.30 bits per heavy atom. The van der Waals surface area contributed by atoms with Gasteiger partial charge in [-0.05, 0) is 37.8 Å². The normalized spacial score (nSPS) is 25.5. The van der Waals surface area contributed by atoms with Crippen LogP contribution in [0, 0.1) is 6.92 Å². The van der Waals surface area contributed by atoms with E-state index in [0.29, 0.717) is 19.1 Å². The van der Waals surface area contributed by atoms with E-state index < -0.39 is 0 Å². The van der Waals surface area contributed by atoms with E-state index in [0.717, 1.165) is 49.7 Å². The van der Waals surface area contributed by atoms with Gasteiger partial charge < -0.3 is 14.8 Å². The van der Waals surface area contributed by atoms with Crippen LogP contribution in [0.2, 0.25) is 0 Å². The highest BCUT2D eigenvalue weighted by molar-refractivity contribution is 6.04. The van der Waals surface area contributed by atoms with Crippen molar-refractivity contribution in [2.75, 3.05) is 18.4 Å². The van der Waals surface area contributed by atoms with Gasteiger partial charge in [-0.15, -0.1) is 0 Å². The fourth-order valence-corrected chi connectivity index (χ4v) is 4.94. The zero-order valence-corrected chi connectivity index (χ0v) is 17.6. The van der Waals surface area contributed by atoms with Crippen LogP contribution < -0.4 is 10.6 Å². The SMILES string of the molecule is Cc1nccn1CC(=O)N1CCC2(C1)NCc1ccccc1NC2=NC1CCCC1. The van der Waals surface area contributed by atoms with Gasteiger partial charge in [-0.25, -0.2) is 4.98 Å². The molecule has 2 aromatic rings. The van der Waals surface area contributed by atoms with Gasteiger partial charge in [0, 0.05) is 37.7 Å². The minimum absolute atomic E-state index is 0.136. The first-order valence-corrected chi connectivity index (χ1v) is 11.1. The number of imidazole rings is 1. The van der Waals surface area contributed by atoms with E-state index in [-0.39, 0.29) is 11.4 Å². The maximum Gasteiger partial charge on any atom is 0.242 e. The number of nitrogens with zero attached hydrogens (tertiary/aromatic N) is 4. The predicted octanol–water partition coefficient (Wildman–Crippen LogP) is 2.72. The number of anilines is 1. The zero-order valence-electron chi connectivity index (χ0n) is 17.6. The summed E-state index contributed by atoms with van der Waals surface area (Å²) in [5.41, 5.74) is 2.05. The summed E-state index contributed by atoms with van der Waals surface area (Å²) in [6.45, 7) is 4.42. The van der Waals surface area contributed by atoms with E-state index >= 15 is 0 Å². The number of nitrogens with one attached hydrogen (secondary N) is 2. The lowest BCUT2D eigenvalue weighted by Crippen LogP contribution is -2.55. The highest BCUT2D eigenvalue weighted by Crippen LogP contribution is 2.31. The van der Waals surface area contributed by atoms with Crippen LogP contribution >= 0.6 is 0 Å². The molecule has 1 aromatic heterocycles. The summed E-state index contributed by atoms with van der Waals surface area (Å²) in [7, 11) is 0. The quantitative estimate of drug-likeness (QED) is 0.822. The fraction of sp³-hybridized carbons (Fsp3) is 0.522. The molecule has 1 aromatic carbocycles. The largest absolute Gasteiger partial charge is 0.342 e. The monoisotopic (exact) mass is 406 g/mol. The van der Waals surface area contributed by atoms with Crippen LogP contribution in [-0.4, -0.2) is 50.9 Å². The maximum atomic E-state index is 13.0. The highest BCUT2D eigenvalue weighted by atomic mass is 16.2. The molecule has 0 radical (unpaired) electrons. The van der Waals surface area contributed by atoms with Gasteiger partial charge in [0.1, 0.15) is 18.2 Å². The third-order valence-corrected chi connectivity index (χ3v) is 6.83. The van der Waals surface area contributed by atoms with Crippen molar-refractivity contribution in [1.82, 2.24) is 19.8 Å². The minimum Gasteiger partial charge on any atom is -0.342 e. The number of benzene rings is 1. The van der Waals surface area contributed by atoms with Crippen LogP contribution in [0.4, 0.5) is 5.69 Å². The second kappa shape index (κ2) is 7.87. The smallest absolute Gasteiger partial charge is 0.242 e. The average molecular weight is 407 g/mol. The van der Waals surface area contributed by atoms with Crippen LogP contribution in [0.15, 0.2) is 41.7 Å². The standard InChI is InChI=1S/C23H30N6O/c1-17-24-11-13-28(17)15-21(30)29-12-10-23(16-29)22(26-19-7-3-4-8-19)27-20-9-5-2-6-18(20)14-25-23/h2,5-6,9,11,13,19,25H,3-4,7-8,10,12,14-16H2,1H3,(H,26,27). The Balaban J connectivity index is 1.40. The molecule has 30 heavy (non-hydrogen) atoms. The third kappa shape index (κ3) is 3.62. The van der Waals surface area contributed by atoms with Gasteiger partial charge in [0.25, 0.3) is 0 Å². The van der Waals surface area contributed by atoms with Crippen molar-refractivity contribution >= 4 is 17.4 Å². The highest BCUT2D eigenvalue weighted by Gasteiger charge is 2.45. The molecule has 5 rings (SSSR count). The first kappa shape index (κ1) is 19.3. The Morgan fingerprint density at radius 3 is 2.93 bits per heavy atom. The van der Waals surface area contributed by atoms with E-state index in [1.165, 1.54) is 18.4 Å². The minimum atomic E-state index is -0.318. The molecule has 7 nitrogen and oxygen atoms in total. The summed E-state index contributed by atoms with van der Waals surface area (Å²) in [5.74, 6) is 2.01. The number of likely N-dealkylation sites (tertiary alicyclic amines) is 1. The zero-order chi connectivity index (χ0) is 20.6. The number of rotatable bonds is 3. The van der Waals surface area contributed by atoms with Gasteiger partial charge in [-0.3, -0.25) is 15.1 Å². The molecule has 0 bridgehead atoms. The Labute approximate surface area is 177 Å². The summed E-state index contributed by atoms with van der Waals surface area (Å²) in [6.07, 6.45) is 9.31. The lowest BCUT2D eigenvalue weighted by molar-refractivity contribution is -0.130. The van der Waals surface area contributed by atoms with Crippen molar-refractivity contribution in [1.29, 1.82) is 0 Å². The second-order valence-corrected chi connectivity index (χ2v) is 8.80. The molecule has 158 valence electrons. The van der Waals surface area contributed by atoms with E-state index in [2.05, 4.69) is 39.9 Å². The average Bonchev–Trinajstić information content (AvgIpc) is 3.47. The van der Waals surface area contributed by atoms with Crippen LogP contribution in [-0.2, 0) is 17.9 Å². The van der Waals surface area contributed by atoms with Crippen LogP contribution in [0.25, 0.3) is 0 Å². The van der Waals surface area contributed by atoms with Gasteiger partial charge in [-0.1, -0.05) is 31.0 Å². The van der Waals surface area contributed by atoms with Gasteiger partial charge >= 0.3 is 0 Å². The van der Waals surface area contributed by atoms with Crippen LogP contribution in [0.5, 0.6) is 0 Å². The van der Waals surface area contributed by atoms with E-state index in [9.17, 15) is 4.79 Å². The van der Waals surface area contributed by atoms with Crippen molar-refractivity contribution < 1.29 is 4.79 Å². The number of fused-ring (bicyclic) bond motifs is 1. The lowest BCUT2D eigenvalue weighted by atomic mass is 9.96. The first-order chi connectivity index (χ1) is 14.6. The van der Waals surface area contributed by atoms with Gasteiger partial charge in [0.15, 0.2) is 0 Å². The Hall–Kier alpha value is -2.67. The number of amidine groups is 1. The lowest BCUT2D eigenvalue weighted by Gasteiger charge is -2.31. The van der Waals surface area contributed by atoms with Gasteiger partial charge in [0.05, 0.1) is 11.6 Å².